The van der Waals surface area contributed by atoms with Crippen molar-refractivity contribution in [3.05, 3.63) is 40.1 Å². The van der Waals surface area contributed by atoms with Gasteiger partial charge in [-0.15, -0.1) is 23.7 Å². The highest BCUT2D eigenvalue weighted by atomic mass is 35.5. The minimum Gasteiger partial charge on any atom is -0.366 e. The third kappa shape index (κ3) is 2.69. The topological polar surface area (TPSA) is 72.1 Å². The minimum atomic E-state index is -0.440. The summed E-state index contributed by atoms with van der Waals surface area (Å²) in [5.41, 5.74) is 7.41. The molecule has 2 N–H and O–H groups in total. The molecule has 2 aromatic heterocycles. The molecule has 0 radical (unpaired) electrons. The number of aromatic nitrogens is 2. The minimum absolute atomic E-state index is 0. The molecular weight excluding hydrogens is 284 g/mol. The van der Waals surface area contributed by atoms with Crippen LogP contribution in [0.2, 0.25) is 0 Å². The number of hydrogen-bond donors (Lipinski definition) is 1. The average molecular weight is 297 g/mol. The number of pyridine rings is 1. The Kier molecular flexibility index (Phi) is 4.01. The number of nitrogens with zero attached hydrogens (tertiary/aromatic N) is 3. The van der Waals surface area contributed by atoms with E-state index in [1.807, 2.05) is 12.1 Å². The maximum absolute atomic E-state index is 11.1. The fraction of sp³-hybridized carbons (Fsp3) is 0.250. The molecule has 0 fully saturated rings. The van der Waals surface area contributed by atoms with Crippen LogP contribution < -0.4 is 10.6 Å². The van der Waals surface area contributed by atoms with Gasteiger partial charge in [-0.2, -0.15) is 0 Å². The molecule has 100 valence electrons. The Bertz CT molecular complexity index is 587. The molecule has 0 saturated heterocycles. The number of thiazole rings is 1. The number of amides is 1. The summed E-state index contributed by atoms with van der Waals surface area (Å²) in [6.07, 6.45) is 4.42. The summed E-state index contributed by atoms with van der Waals surface area (Å²) in [7, 11) is 0. The quantitative estimate of drug-likeness (QED) is 0.914. The SMILES string of the molecule is Cl.NC(=O)c1nc2c(s1)CN(c1ccncc1)CC2. The lowest BCUT2D eigenvalue weighted by atomic mass is 10.1. The van der Waals surface area contributed by atoms with Gasteiger partial charge >= 0.3 is 0 Å². The van der Waals surface area contributed by atoms with E-state index >= 15 is 0 Å². The van der Waals surface area contributed by atoms with Crippen LogP contribution in [-0.2, 0) is 13.0 Å². The Labute approximate surface area is 120 Å². The van der Waals surface area contributed by atoms with Gasteiger partial charge in [0.05, 0.1) is 12.2 Å². The number of anilines is 1. The van der Waals surface area contributed by atoms with Gasteiger partial charge in [0.25, 0.3) is 5.91 Å². The van der Waals surface area contributed by atoms with E-state index in [0.29, 0.717) is 5.01 Å². The first-order valence-corrected chi connectivity index (χ1v) is 6.49. The fourth-order valence-corrected chi connectivity index (χ4v) is 3.05. The predicted molar refractivity (Wildman–Crippen MR) is 76.9 cm³/mol. The standard InChI is InChI=1S/C12H12N4OS.ClH/c13-11(17)12-15-9-3-6-16(7-10(9)18-12)8-1-4-14-5-2-8;/h1-2,4-5H,3,6-7H2,(H2,13,17);1H. The molecule has 5 nitrogen and oxygen atoms in total. The van der Waals surface area contributed by atoms with Crippen LogP contribution in [0.5, 0.6) is 0 Å². The highest BCUT2D eigenvalue weighted by molar-refractivity contribution is 7.13. The summed E-state index contributed by atoms with van der Waals surface area (Å²) in [6, 6.07) is 3.97. The maximum atomic E-state index is 11.1. The van der Waals surface area contributed by atoms with Crippen LogP contribution in [0.3, 0.4) is 0 Å². The van der Waals surface area contributed by atoms with Crippen molar-refractivity contribution >= 4 is 35.3 Å². The van der Waals surface area contributed by atoms with Crippen LogP contribution in [0.1, 0.15) is 20.4 Å². The normalized spacial score (nSPS) is 13.6. The predicted octanol–water partition coefficient (Wildman–Crippen LogP) is 1.62. The molecule has 19 heavy (non-hydrogen) atoms. The molecule has 0 atom stereocenters. The second-order valence-electron chi connectivity index (χ2n) is 4.13. The van der Waals surface area contributed by atoms with E-state index in [0.717, 1.165) is 35.8 Å². The van der Waals surface area contributed by atoms with Crippen LogP contribution in [0.15, 0.2) is 24.5 Å². The lowest BCUT2D eigenvalue weighted by molar-refractivity contribution is 0.1000. The van der Waals surface area contributed by atoms with Crippen LogP contribution in [-0.4, -0.2) is 22.4 Å². The van der Waals surface area contributed by atoms with E-state index in [1.54, 1.807) is 12.4 Å². The van der Waals surface area contributed by atoms with Crippen molar-refractivity contribution in [1.29, 1.82) is 0 Å². The van der Waals surface area contributed by atoms with Crippen molar-refractivity contribution in [2.45, 2.75) is 13.0 Å². The molecule has 3 rings (SSSR count). The van der Waals surface area contributed by atoms with E-state index in [-0.39, 0.29) is 12.4 Å². The summed E-state index contributed by atoms with van der Waals surface area (Å²) in [5, 5.41) is 0.413. The molecule has 1 aliphatic heterocycles. The molecule has 0 bridgehead atoms. The van der Waals surface area contributed by atoms with Gasteiger partial charge in [-0.3, -0.25) is 9.78 Å². The first-order chi connectivity index (χ1) is 8.74. The average Bonchev–Trinajstić information content (AvgIpc) is 2.82. The van der Waals surface area contributed by atoms with Crippen LogP contribution in [0, 0.1) is 0 Å². The molecule has 7 heteroatoms. The molecule has 1 aliphatic rings. The van der Waals surface area contributed by atoms with Crippen molar-refractivity contribution in [2.75, 3.05) is 11.4 Å². The molecule has 0 spiro atoms. The van der Waals surface area contributed by atoms with Crippen molar-refractivity contribution < 1.29 is 4.79 Å². The van der Waals surface area contributed by atoms with Crippen LogP contribution in [0.4, 0.5) is 5.69 Å². The number of nitrogens with two attached hydrogens (primary N) is 1. The van der Waals surface area contributed by atoms with E-state index in [4.69, 9.17) is 5.73 Å². The zero-order valence-electron chi connectivity index (χ0n) is 10.1. The molecule has 1 amide bonds. The lowest BCUT2D eigenvalue weighted by Gasteiger charge is -2.27. The maximum Gasteiger partial charge on any atom is 0.277 e. The second-order valence-corrected chi connectivity index (χ2v) is 5.21. The molecule has 0 unspecified atom stereocenters. The summed E-state index contributed by atoms with van der Waals surface area (Å²) < 4.78 is 0. The smallest absolute Gasteiger partial charge is 0.277 e. The van der Waals surface area contributed by atoms with Crippen molar-refractivity contribution in [3.63, 3.8) is 0 Å². The van der Waals surface area contributed by atoms with Gasteiger partial charge in [-0.1, -0.05) is 0 Å². The number of primary amides is 1. The van der Waals surface area contributed by atoms with Crippen LogP contribution in [0.25, 0.3) is 0 Å². The largest absolute Gasteiger partial charge is 0.366 e. The molecule has 0 saturated carbocycles. The lowest BCUT2D eigenvalue weighted by Crippen LogP contribution is -2.29. The summed E-state index contributed by atoms with van der Waals surface area (Å²) in [6.45, 7) is 1.68. The summed E-state index contributed by atoms with van der Waals surface area (Å²) >= 11 is 1.40. The van der Waals surface area contributed by atoms with Crippen molar-refractivity contribution in [2.24, 2.45) is 5.73 Å². The third-order valence-corrected chi connectivity index (χ3v) is 4.07. The number of rotatable bonds is 2. The fourth-order valence-electron chi connectivity index (χ4n) is 2.08. The van der Waals surface area contributed by atoms with E-state index in [2.05, 4.69) is 14.9 Å². The van der Waals surface area contributed by atoms with Crippen molar-refractivity contribution in [3.8, 4) is 0 Å². The number of halogens is 1. The Morgan fingerprint density at radius 3 is 2.79 bits per heavy atom. The van der Waals surface area contributed by atoms with Gasteiger partial charge < -0.3 is 10.6 Å². The molecule has 2 aromatic rings. The summed E-state index contributed by atoms with van der Waals surface area (Å²) in [5.74, 6) is -0.440. The number of carbonyl (C=O) groups excluding carboxylic acids is 1. The van der Waals surface area contributed by atoms with Crippen LogP contribution >= 0.6 is 23.7 Å². The first kappa shape index (κ1) is 13.8. The Hall–Kier alpha value is -1.66. The van der Waals surface area contributed by atoms with Gasteiger partial charge in [-0.05, 0) is 12.1 Å². The highest BCUT2D eigenvalue weighted by Crippen LogP contribution is 2.27. The van der Waals surface area contributed by atoms with E-state index < -0.39 is 5.91 Å². The Morgan fingerprint density at radius 2 is 2.11 bits per heavy atom. The Morgan fingerprint density at radius 1 is 1.37 bits per heavy atom. The number of hydrogen-bond acceptors (Lipinski definition) is 5. The molecule has 3 heterocycles. The molecular formula is C12H13ClN4OS. The van der Waals surface area contributed by atoms with Crippen molar-refractivity contribution in [1.82, 2.24) is 9.97 Å². The highest BCUT2D eigenvalue weighted by Gasteiger charge is 2.22. The van der Waals surface area contributed by atoms with Gasteiger partial charge in [0.1, 0.15) is 0 Å². The van der Waals surface area contributed by atoms with Gasteiger partial charge in [-0.25, -0.2) is 4.98 Å². The Balaban J connectivity index is 0.00000133. The molecule has 0 aromatic carbocycles. The number of fused-ring (bicyclic) bond motifs is 1. The van der Waals surface area contributed by atoms with Gasteiger partial charge in [0.15, 0.2) is 5.01 Å². The third-order valence-electron chi connectivity index (χ3n) is 2.97. The van der Waals surface area contributed by atoms with E-state index in [9.17, 15) is 4.79 Å². The van der Waals surface area contributed by atoms with Gasteiger partial charge in [0, 0.05) is 35.9 Å². The second kappa shape index (κ2) is 5.54. The van der Waals surface area contributed by atoms with E-state index in [1.165, 1.54) is 11.3 Å². The summed E-state index contributed by atoms with van der Waals surface area (Å²) in [4.78, 5) is 22.8. The zero-order chi connectivity index (χ0) is 12.5. The monoisotopic (exact) mass is 296 g/mol. The first-order valence-electron chi connectivity index (χ1n) is 5.67. The van der Waals surface area contributed by atoms with Gasteiger partial charge in [0.2, 0.25) is 0 Å². The molecule has 0 aliphatic carbocycles. The number of carbonyl (C=O) groups is 1. The zero-order valence-corrected chi connectivity index (χ0v) is 11.7.